The largest absolute Gasteiger partial charge is 0.323 e. The van der Waals surface area contributed by atoms with Crippen LogP contribution in [0.15, 0.2) is 30.3 Å². The van der Waals surface area contributed by atoms with Gasteiger partial charge in [-0.25, -0.2) is 4.98 Å². The van der Waals surface area contributed by atoms with Crippen molar-refractivity contribution in [3.63, 3.8) is 0 Å². The van der Waals surface area contributed by atoms with Gasteiger partial charge in [0.2, 0.25) is 0 Å². The normalized spacial score (nSPS) is 11.4. The van der Waals surface area contributed by atoms with Crippen LogP contribution in [0.2, 0.25) is 5.02 Å². The molecule has 0 saturated carbocycles. The van der Waals surface area contributed by atoms with E-state index in [1.807, 2.05) is 29.5 Å². The highest BCUT2D eigenvalue weighted by molar-refractivity contribution is 7.11. The molecule has 0 aliphatic carbocycles. The molecule has 1 aromatic carbocycles. The second-order valence-corrected chi connectivity index (χ2v) is 6.98. The van der Waals surface area contributed by atoms with Gasteiger partial charge in [-0.2, -0.15) is 0 Å². The highest BCUT2D eigenvalue weighted by Gasteiger charge is 2.12. The predicted molar refractivity (Wildman–Crippen MR) is 92.0 cm³/mol. The van der Waals surface area contributed by atoms with E-state index in [0.717, 1.165) is 36.2 Å². The lowest BCUT2D eigenvalue weighted by molar-refractivity contribution is 0.763. The molecule has 0 amide bonds. The third kappa shape index (κ3) is 3.10. The zero-order valence-corrected chi connectivity index (χ0v) is 14.1. The molecule has 3 aromatic rings. The lowest BCUT2D eigenvalue weighted by Gasteiger charge is -2.07. The maximum Gasteiger partial charge on any atom is 0.111 e. The van der Waals surface area contributed by atoms with Crippen molar-refractivity contribution in [3.8, 4) is 0 Å². The van der Waals surface area contributed by atoms with E-state index in [1.165, 1.54) is 9.75 Å². The van der Waals surface area contributed by atoms with Crippen LogP contribution >= 0.6 is 34.5 Å². The van der Waals surface area contributed by atoms with Crippen LogP contribution in [0, 0.1) is 0 Å². The molecule has 0 atom stereocenters. The molecule has 2 heterocycles. The van der Waals surface area contributed by atoms with Crippen molar-refractivity contribution in [2.75, 3.05) is 5.88 Å². The summed E-state index contributed by atoms with van der Waals surface area (Å²) in [5.41, 5.74) is 2.06. The number of rotatable bonds is 5. The van der Waals surface area contributed by atoms with Crippen molar-refractivity contribution >= 4 is 45.6 Å². The van der Waals surface area contributed by atoms with Crippen molar-refractivity contribution < 1.29 is 0 Å². The SMILES string of the molecule is CCc1ccc(Cn2c(CCCl)nc3cc(Cl)ccc32)s1. The van der Waals surface area contributed by atoms with Gasteiger partial charge in [-0.3, -0.25) is 0 Å². The summed E-state index contributed by atoms with van der Waals surface area (Å²) in [5.74, 6) is 1.59. The topological polar surface area (TPSA) is 17.8 Å². The van der Waals surface area contributed by atoms with E-state index < -0.39 is 0 Å². The first kappa shape index (κ1) is 14.9. The molecule has 110 valence electrons. The maximum absolute atomic E-state index is 6.07. The number of halogens is 2. The second kappa shape index (κ2) is 6.39. The van der Waals surface area contributed by atoms with E-state index in [2.05, 4.69) is 28.6 Å². The molecule has 2 aromatic heterocycles. The van der Waals surface area contributed by atoms with Gasteiger partial charge < -0.3 is 4.57 Å². The third-order valence-corrected chi connectivity index (χ3v) is 5.13. The van der Waals surface area contributed by atoms with Gasteiger partial charge in [0.05, 0.1) is 17.6 Å². The van der Waals surface area contributed by atoms with Crippen LogP contribution in [0.3, 0.4) is 0 Å². The smallest absolute Gasteiger partial charge is 0.111 e. The average molecular weight is 339 g/mol. The number of benzene rings is 1. The minimum atomic E-state index is 0.571. The zero-order valence-electron chi connectivity index (χ0n) is 11.8. The number of imidazole rings is 1. The van der Waals surface area contributed by atoms with E-state index in [0.29, 0.717) is 10.9 Å². The first-order valence-electron chi connectivity index (χ1n) is 6.99. The number of thiophene rings is 1. The lowest BCUT2D eigenvalue weighted by atomic mass is 10.3. The molecule has 0 N–H and O–H groups in total. The van der Waals surface area contributed by atoms with Crippen molar-refractivity contribution in [2.24, 2.45) is 0 Å². The number of fused-ring (bicyclic) bond motifs is 1. The van der Waals surface area contributed by atoms with Crippen LogP contribution in [-0.2, 0) is 19.4 Å². The van der Waals surface area contributed by atoms with Crippen LogP contribution in [0.1, 0.15) is 22.5 Å². The molecule has 3 rings (SSSR count). The molecule has 0 bridgehead atoms. The van der Waals surface area contributed by atoms with Gasteiger partial charge in [0, 0.05) is 27.1 Å². The summed E-state index contributed by atoms with van der Waals surface area (Å²) >= 11 is 13.8. The predicted octanol–water partition coefficient (Wildman–Crippen LogP) is 5.14. The minimum Gasteiger partial charge on any atom is -0.323 e. The van der Waals surface area contributed by atoms with E-state index >= 15 is 0 Å². The number of hydrogen-bond donors (Lipinski definition) is 0. The van der Waals surface area contributed by atoms with Crippen molar-refractivity contribution in [2.45, 2.75) is 26.3 Å². The van der Waals surface area contributed by atoms with E-state index in [4.69, 9.17) is 23.2 Å². The summed E-state index contributed by atoms with van der Waals surface area (Å²) in [7, 11) is 0. The van der Waals surface area contributed by atoms with Gasteiger partial charge in [-0.05, 0) is 36.8 Å². The standard InChI is InChI=1S/C16H16Cl2N2S/c1-2-12-4-5-13(21-12)10-20-15-6-3-11(18)9-14(15)19-16(20)7-8-17/h3-6,9H,2,7-8,10H2,1H3. The van der Waals surface area contributed by atoms with Crippen molar-refractivity contribution in [1.82, 2.24) is 9.55 Å². The molecule has 21 heavy (non-hydrogen) atoms. The number of aromatic nitrogens is 2. The summed E-state index contributed by atoms with van der Waals surface area (Å²) in [4.78, 5) is 7.44. The molecule has 0 aliphatic heterocycles. The molecule has 0 radical (unpaired) electrons. The molecule has 2 nitrogen and oxygen atoms in total. The Hall–Kier alpha value is -1.03. The van der Waals surface area contributed by atoms with Gasteiger partial charge in [-0.15, -0.1) is 22.9 Å². The fraction of sp³-hybridized carbons (Fsp3) is 0.312. The van der Waals surface area contributed by atoms with Crippen LogP contribution in [0.5, 0.6) is 0 Å². The first-order chi connectivity index (χ1) is 10.2. The Labute approximate surface area is 138 Å². The van der Waals surface area contributed by atoms with Crippen molar-refractivity contribution in [3.05, 3.63) is 50.9 Å². The molecule has 0 fully saturated rings. The van der Waals surface area contributed by atoms with E-state index in [9.17, 15) is 0 Å². The molecule has 0 unspecified atom stereocenters. The van der Waals surface area contributed by atoms with E-state index in [1.54, 1.807) is 0 Å². The molecule has 0 saturated heterocycles. The number of hydrogen-bond acceptors (Lipinski definition) is 2. The average Bonchev–Trinajstić information content (AvgIpc) is 3.05. The van der Waals surface area contributed by atoms with Gasteiger partial charge in [-0.1, -0.05) is 18.5 Å². The minimum absolute atomic E-state index is 0.571. The van der Waals surface area contributed by atoms with E-state index in [-0.39, 0.29) is 0 Å². The summed E-state index contributed by atoms with van der Waals surface area (Å²) in [6.07, 6.45) is 1.85. The highest BCUT2D eigenvalue weighted by atomic mass is 35.5. The van der Waals surface area contributed by atoms with Crippen LogP contribution in [0.4, 0.5) is 0 Å². The molecule has 0 spiro atoms. The Balaban J connectivity index is 2.03. The van der Waals surface area contributed by atoms with Crippen LogP contribution < -0.4 is 0 Å². The number of alkyl halides is 1. The third-order valence-electron chi connectivity index (χ3n) is 3.49. The van der Waals surface area contributed by atoms with Gasteiger partial charge in [0.25, 0.3) is 0 Å². The van der Waals surface area contributed by atoms with Crippen LogP contribution in [-0.4, -0.2) is 15.4 Å². The van der Waals surface area contributed by atoms with Gasteiger partial charge >= 0.3 is 0 Å². The van der Waals surface area contributed by atoms with Gasteiger partial charge in [0.1, 0.15) is 5.82 Å². The Bertz CT molecular complexity index is 761. The fourth-order valence-electron chi connectivity index (χ4n) is 2.46. The Kier molecular flexibility index (Phi) is 4.53. The highest BCUT2D eigenvalue weighted by Crippen LogP contribution is 2.24. The van der Waals surface area contributed by atoms with Crippen molar-refractivity contribution in [1.29, 1.82) is 0 Å². The monoisotopic (exact) mass is 338 g/mol. The number of nitrogens with zero attached hydrogens (tertiary/aromatic N) is 2. The molecular formula is C16H16Cl2N2S. The summed E-state index contributed by atoms with van der Waals surface area (Å²) in [6, 6.07) is 10.3. The van der Waals surface area contributed by atoms with Crippen LogP contribution in [0.25, 0.3) is 11.0 Å². The Morgan fingerprint density at radius 1 is 1.19 bits per heavy atom. The Morgan fingerprint density at radius 2 is 2.00 bits per heavy atom. The maximum atomic E-state index is 6.07. The quantitative estimate of drug-likeness (QED) is 0.588. The zero-order chi connectivity index (χ0) is 14.8. The first-order valence-corrected chi connectivity index (χ1v) is 8.72. The fourth-order valence-corrected chi connectivity index (χ4v) is 3.74. The molecule has 5 heteroatoms. The summed E-state index contributed by atoms with van der Waals surface area (Å²) in [6.45, 7) is 3.03. The summed E-state index contributed by atoms with van der Waals surface area (Å²) in [5, 5.41) is 0.717. The number of aryl methyl sites for hydroxylation is 2. The van der Waals surface area contributed by atoms with Gasteiger partial charge in [0.15, 0.2) is 0 Å². The molecular weight excluding hydrogens is 323 g/mol. The Morgan fingerprint density at radius 3 is 2.71 bits per heavy atom. The lowest BCUT2D eigenvalue weighted by Crippen LogP contribution is -2.04. The molecule has 0 aliphatic rings. The second-order valence-electron chi connectivity index (χ2n) is 4.91. The summed E-state index contributed by atoms with van der Waals surface area (Å²) < 4.78 is 2.25.